The zero-order valence-corrected chi connectivity index (χ0v) is 19.7. The molecule has 0 amide bonds. The van der Waals surface area contributed by atoms with Gasteiger partial charge < -0.3 is 4.74 Å². The van der Waals surface area contributed by atoms with Crippen LogP contribution in [-0.4, -0.2) is 23.7 Å². The van der Waals surface area contributed by atoms with Crippen LogP contribution in [0.5, 0.6) is 5.75 Å². The third-order valence-electron chi connectivity index (χ3n) is 6.63. The van der Waals surface area contributed by atoms with Crippen LogP contribution < -0.4 is 4.74 Å². The Morgan fingerprint density at radius 2 is 1.76 bits per heavy atom. The molecule has 5 rings (SSSR count). The minimum atomic E-state index is -4.31. The second kappa shape index (κ2) is 8.99. The summed E-state index contributed by atoms with van der Waals surface area (Å²) < 4.78 is 42.9. The fourth-order valence-corrected chi connectivity index (χ4v) is 5.86. The molecule has 2 bridgehead atoms. The van der Waals surface area contributed by atoms with Crippen LogP contribution >= 0.6 is 23.4 Å². The number of aryl methyl sites for hydroxylation is 2. The van der Waals surface area contributed by atoms with Crippen molar-refractivity contribution < 1.29 is 27.5 Å². The maximum atomic E-state index is 12.7. The highest BCUT2D eigenvalue weighted by atomic mass is 35.5. The summed E-state index contributed by atoms with van der Waals surface area (Å²) in [5, 5.41) is 0.648. The number of carbonyl (C=O) groups is 2. The predicted molar refractivity (Wildman–Crippen MR) is 122 cm³/mol. The van der Waals surface area contributed by atoms with Gasteiger partial charge in [-0.3, -0.25) is 9.59 Å². The Morgan fingerprint density at radius 3 is 2.36 bits per heavy atom. The molecule has 3 fully saturated rings. The number of hydrogen-bond donors (Lipinski definition) is 0. The van der Waals surface area contributed by atoms with Crippen molar-refractivity contribution in [3.63, 3.8) is 0 Å². The molecule has 0 atom stereocenters. The van der Waals surface area contributed by atoms with Gasteiger partial charge in [0, 0.05) is 28.2 Å². The zero-order valence-electron chi connectivity index (χ0n) is 18.1. The van der Waals surface area contributed by atoms with E-state index in [2.05, 4.69) is 0 Å². The minimum Gasteiger partial charge on any atom is -0.486 e. The van der Waals surface area contributed by atoms with Crippen LogP contribution in [0.2, 0.25) is 5.02 Å². The Kier molecular flexibility index (Phi) is 6.58. The maximum Gasteiger partial charge on any atom is 0.446 e. The molecular formula is C25H24ClF3O3S. The SMILES string of the molecule is Cc1cc(OCC(=O)CC23CC(C(=O)CCc4ccc(SC(F)(F)F)cc4)(C2)C3)ccc1Cl. The lowest BCUT2D eigenvalue weighted by molar-refractivity contribution is -0.208. The first-order valence-corrected chi connectivity index (χ1v) is 12.0. The lowest BCUT2D eigenvalue weighted by Crippen LogP contribution is -2.65. The summed E-state index contributed by atoms with van der Waals surface area (Å²) in [7, 11) is 0. The molecule has 0 aliphatic heterocycles. The summed E-state index contributed by atoms with van der Waals surface area (Å²) in [5.74, 6) is 0.832. The number of Topliss-reactive ketones (excluding diaryl/α,β-unsaturated/α-hetero) is 2. The van der Waals surface area contributed by atoms with Crippen molar-refractivity contribution in [3.05, 3.63) is 58.6 Å². The van der Waals surface area contributed by atoms with E-state index >= 15 is 0 Å². The number of halogens is 4. The number of benzene rings is 2. The number of rotatable bonds is 10. The molecule has 8 heteroatoms. The molecule has 3 saturated carbocycles. The Bertz CT molecular complexity index is 1050. The van der Waals surface area contributed by atoms with Crippen molar-refractivity contribution >= 4 is 34.9 Å². The Morgan fingerprint density at radius 1 is 1.09 bits per heavy atom. The molecule has 3 aliphatic rings. The minimum absolute atomic E-state index is 0.00634. The fraction of sp³-hybridized carbons (Fsp3) is 0.440. The first kappa shape index (κ1) is 24.1. The molecule has 0 saturated heterocycles. The van der Waals surface area contributed by atoms with Crippen molar-refractivity contribution in [2.45, 2.75) is 55.9 Å². The molecule has 176 valence electrons. The van der Waals surface area contributed by atoms with Crippen molar-refractivity contribution in [2.24, 2.45) is 10.8 Å². The average molecular weight is 497 g/mol. The summed E-state index contributed by atoms with van der Waals surface area (Å²) in [4.78, 5) is 25.3. The van der Waals surface area contributed by atoms with Gasteiger partial charge >= 0.3 is 5.51 Å². The molecule has 33 heavy (non-hydrogen) atoms. The zero-order chi connectivity index (χ0) is 23.9. The first-order chi connectivity index (χ1) is 15.5. The summed E-state index contributed by atoms with van der Waals surface area (Å²) >= 11 is 5.85. The van der Waals surface area contributed by atoms with Gasteiger partial charge in [0.05, 0.1) is 0 Å². The van der Waals surface area contributed by atoms with Gasteiger partial charge in [0.25, 0.3) is 0 Å². The van der Waals surface area contributed by atoms with Crippen molar-refractivity contribution in [1.29, 1.82) is 0 Å². The van der Waals surface area contributed by atoms with E-state index in [1.165, 1.54) is 12.1 Å². The highest BCUT2D eigenvalue weighted by molar-refractivity contribution is 8.00. The summed E-state index contributed by atoms with van der Waals surface area (Å²) in [6.07, 6.45) is 3.53. The summed E-state index contributed by atoms with van der Waals surface area (Å²) in [5.41, 5.74) is -2.94. The van der Waals surface area contributed by atoms with Crippen molar-refractivity contribution in [3.8, 4) is 5.75 Å². The van der Waals surface area contributed by atoms with E-state index in [0.717, 1.165) is 30.4 Å². The van der Waals surface area contributed by atoms with Gasteiger partial charge in [-0.05, 0) is 91.2 Å². The lowest BCUT2D eigenvalue weighted by atomic mass is 9.33. The van der Waals surface area contributed by atoms with Gasteiger partial charge in [0.15, 0.2) is 5.78 Å². The molecule has 0 aromatic heterocycles. The van der Waals surface area contributed by atoms with E-state index in [1.54, 1.807) is 30.3 Å². The number of carbonyl (C=O) groups excluding carboxylic acids is 2. The van der Waals surface area contributed by atoms with Crippen LogP contribution in [-0.2, 0) is 16.0 Å². The smallest absolute Gasteiger partial charge is 0.446 e. The Labute approximate surface area is 200 Å². The van der Waals surface area contributed by atoms with E-state index in [1.807, 2.05) is 6.92 Å². The van der Waals surface area contributed by atoms with Crippen molar-refractivity contribution in [2.75, 3.05) is 6.61 Å². The molecule has 2 aromatic carbocycles. The molecule has 0 heterocycles. The lowest BCUT2D eigenvalue weighted by Gasteiger charge is -2.70. The Balaban J connectivity index is 1.19. The molecule has 0 N–H and O–H groups in total. The van der Waals surface area contributed by atoms with E-state index in [9.17, 15) is 22.8 Å². The van der Waals surface area contributed by atoms with Crippen LogP contribution in [0.4, 0.5) is 13.2 Å². The van der Waals surface area contributed by atoms with Gasteiger partial charge in [0.1, 0.15) is 18.1 Å². The first-order valence-electron chi connectivity index (χ1n) is 10.8. The summed E-state index contributed by atoms with van der Waals surface area (Å²) in [6.45, 7) is 1.88. The highest BCUT2D eigenvalue weighted by Crippen LogP contribution is 2.75. The number of thioether (sulfide) groups is 1. The molecule has 0 radical (unpaired) electrons. The highest BCUT2D eigenvalue weighted by Gasteiger charge is 2.70. The molecular weight excluding hydrogens is 473 g/mol. The summed E-state index contributed by atoms with van der Waals surface area (Å²) in [6, 6.07) is 11.4. The third kappa shape index (κ3) is 5.57. The molecule has 0 spiro atoms. The second-order valence-electron chi connectivity index (χ2n) is 9.34. The van der Waals surface area contributed by atoms with Gasteiger partial charge in [-0.2, -0.15) is 13.2 Å². The van der Waals surface area contributed by atoms with Crippen molar-refractivity contribution in [1.82, 2.24) is 0 Å². The van der Waals surface area contributed by atoms with Crippen LogP contribution in [0.15, 0.2) is 47.4 Å². The molecule has 2 aromatic rings. The number of ketones is 2. The number of ether oxygens (including phenoxy) is 1. The van der Waals surface area contributed by atoms with Gasteiger partial charge in [-0.25, -0.2) is 0 Å². The van der Waals surface area contributed by atoms with E-state index < -0.39 is 5.51 Å². The van der Waals surface area contributed by atoms with Gasteiger partial charge in [0.2, 0.25) is 0 Å². The van der Waals surface area contributed by atoms with E-state index in [4.69, 9.17) is 16.3 Å². The van der Waals surface area contributed by atoms with Crippen LogP contribution in [0.1, 0.15) is 43.2 Å². The quantitative estimate of drug-likeness (QED) is 0.333. The van der Waals surface area contributed by atoms with E-state index in [-0.39, 0.29) is 45.7 Å². The van der Waals surface area contributed by atoms with Gasteiger partial charge in [-0.15, -0.1) is 0 Å². The normalized spacial score (nSPS) is 23.4. The monoisotopic (exact) mass is 496 g/mol. The maximum absolute atomic E-state index is 12.7. The number of hydrogen-bond acceptors (Lipinski definition) is 4. The third-order valence-corrected chi connectivity index (χ3v) is 7.79. The Hall–Kier alpha value is -1.99. The topological polar surface area (TPSA) is 43.4 Å². The second-order valence-corrected chi connectivity index (χ2v) is 10.9. The van der Waals surface area contributed by atoms with E-state index in [0.29, 0.717) is 30.0 Å². The van der Waals surface area contributed by atoms with Gasteiger partial charge in [-0.1, -0.05) is 23.7 Å². The molecule has 3 aliphatic carbocycles. The van der Waals surface area contributed by atoms with Crippen LogP contribution in [0.25, 0.3) is 0 Å². The fourth-order valence-electron chi connectivity index (χ4n) is 5.20. The van der Waals surface area contributed by atoms with Crippen LogP contribution in [0.3, 0.4) is 0 Å². The number of alkyl halides is 3. The largest absolute Gasteiger partial charge is 0.486 e. The molecule has 0 unspecified atom stereocenters. The standard InChI is InChI=1S/C25H24ClF3O3S/c1-16-10-19(5-8-21(16)26)32-12-18(30)11-23-13-24(14-23,15-23)22(31)9-4-17-2-6-20(7-3-17)33-25(27,28)29/h2-3,5-8,10H,4,9,11-15H2,1H3. The van der Waals surface area contributed by atoms with Crippen LogP contribution in [0, 0.1) is 17.8 Å². The predicted octanol–water partition coefficient (Wildman–Crippen LogP) is 6.97. The average Bonchev–Trinajstić information content (AvgIpc) is 2.68. The molecule has 3 nitrogen and oxygen atoms in total.